The van der Waals surface area contributed by atoms with Gasteiger partial charge >= 0.3 is 0 Å². The van der Waals surface area contributed by atoms with Crippen molar-refractivity contribution in [3.63, 3.8) is 0 Å². The minimum atomic E-state index is -0.0986. The molecule has 5 nitrogen and oxygen atoms in total. The molecule has 1 saturated heterocycles. The van der Waals surface area contributed by atoms with Crippen molar-refractivity contribution in [1.82, 2.24) is 10.1 Å². The van der Waals surface area contributed by atoms with Gasteiger partial charge in [-0.3, -0.25) is 0 Å². The number of benzene rings is 1. The molecular formula is C12H12N2O3S. The number of phenols is 1. The van der Waals surface area contributed by atoms with Crippen molar-refractivity contribution in [1.29, 1.82) is 0 Å². The van der Waals surface area contributed by atoms with Crippen molar-refractivity contribution >= 4 is 11.8 Å². The van der Waals surface area contributed by atoms with Gasteiger partial charge in [0.05, 0.1) is 6.61 Å². The van der Waals surface area contributed by atoms with Crippen LogP contribution in [-0.4, -0.2) is 33.4 Å². The molecule has 18 heavy (non-hydrogen) atoms. The normalized spacial score (nSPS) is 19.9. The molecule has 2 heterocycles. The van der Waals surface area contributed by atoms with Crippen LogP contribution in [0.15, 0.2) is 28.8 Å². The number of hydrogen-bond donors (Lipinski definition) is 1. The van der Waals surface area contributed by atoms with Crippen LogP contribution in [0.5, 0.6) is 5.75 Å². The molecule has 0 radical (unpaired) electrons. The van der Waals surface area contributed by atoms with Crippen LogP contribution < -0.4 is 0 Å². The molecule has 0 amide bonds. The predicted molar refractivity (Wildman–Crippen MR) is 67.4 cm³/mol. The molecule has 1 N–H and O–H groups in total. The third kappa shape index (κ3) is 2.34. The molecule has 94 valence electrons. The number of phenolic OH excluding ortho intramolecular Hbond substituents is 1. The Hall–Kier alpha value is -1.53. The van der Waals surface area contributed by atoms with Gasteiger partial charge in [0.15, 0.2) is 0 Å². The summed E-state index contributed by atoms with van der Waals surface area (Å²) in [5, 5.41) is 13.4. The first-order valence-corrected chi connectivity index (χ1v) is 6.81. The zero-order valence-electron chi connectivity index (χ0n) is 9.57. The van der Waals surface area contributed by atoms with Crippen LogP contribution >= 0.6 is 11.8 Å². The summed E-state index contributed by atoms with van der Waals surface area (Å²) in [6.45, 7) is 0.714. The van der Waals surface area contributed by atoms with Gasteiger partial charge in [-0.2, -0.15) is 16.7 Å². The van der Waals surface area contributed by atoms with Gasteiger partial charge in [0.2, 0.25) is 5.82 Å². The summed E-state index contributed by atoms with van der Waals surface area (Å²) in [6.07, 6.45) is -0.0986. The Morgan fingerprint density at radius 2 is 2.33 bits per heavy atom. The van der Waals surface area contributed by atoms with E-state index in [1.807, 2.05) is 17.8 Å². The van der Waals surface area contributed by atoms with Gasteiger partial charge in [0.1, 0.15) is 11.9 Å². The molecule has 0 spiro atoms. The predicted octanol–water partition coefficient (Wildman–Crippen LogP) is 2.25. The van der Waals surface area contributed by atoms with Crippen molar-refractivity contribution < 1.29 is 14.4 Å². The first kappa shape index (κ1) is 11.6. The van der Waals surface area contributed by atoms with Crippen LogP contribution in [0, 0.1) is 0 Å². The smallest absolute Gasteiger partial charge is 0.258 e. The third-order valence-corrected chi connectivity index (χ3v) is 3.63. The molecule has 1 unspecified atom stereocenters. The summed E-state index contributed by atoms with van der Waals surface area (Å²) >= 11 is 1.82. The number of aromatic nitrogens is 2. The second-order valence-electron chi connectivity index (χ2n) is 3.94. The standard InChI is InChI=1S/C12H12N2O3S/c15-9-3-1-2-8(6-9)12-13-11(14-17-12)10-7-18-5-4-16-10/h1-3,6,10,15H,4-5,7H2. The van der Waals surface area contributed by atoms with Crippen LogP contribution in [0.3, 0.4) is 0 Å². The monoisotopic (exact) mass is 264 g/mol. The van der Waals surface area contributed by atoms with Crippen LogP contribution in [0.4, 0.5) is 0 Å². The minimum Gasteiger partial charge on any atom is -0.508 e. The average molecular weight is 264 g/mol. The Labute approximate surface area is 108 Å². The van der Waals surface area contributed by atoms with Gasteiger partial charge < -0.3 is 14.4 Å². The lowest BCUT2D eigenvalue weighted by molar-refractivity contribution is 0.0677. The molecular weight excluding hydrogens is 252 g/mol. The molecule has 0 saturated carbocycles. The van der Waals surface area contributed by atoms with Crippen LogP contribution in [0.25, 0.3) is 11.5 Å². The molecule has 1 fully saturated rings. The van der Waals surface area contributed by atoms with Crippen molar-refractivity contribution in [2.24, 2.45) is 0 Å². The molecule has 1 atom stereocenters. The second-order valence-corrected chi connectivity index (χ2v) is 5.09. The van der Waals surface area contributed by atoms with Gasteiger partial charge in [0, 0.05) is 17.1 Å². The molecule has 6 heteroatoms. The topological polar surface area (TPSA) is 68.4 Å². The lowest BCUT2D eigenvalue weighted by Crippen LogP contribution is -2.16. The first-order valence-electron chi connectivity index (χ1n) is 5.65. The summed E-state index contributed by atoms with van der Waals surface area (Å²) in [6, 6.07) is 6.74. The Balaban J connectivity index is 1.84. The van der Waals surface area contributed by atoms with Crippen molar-refractivity contribution in [3.05, 3.63) is 30.1 Å². The van der Waals surface area contributed by atoms with E-state index in [4.69, 9.17) is 9.26 Å². The molecule has 1 aliphatic rings. The Morgan fingerprint density at radius 1 is 1.39 bits per heavy atom. The highest BCUT2D eigenvalue weighted by atomic mass is 32.2. The maximum atomic E-state index is 9.41. The summed E-state index contributed by atoms with van der Waals surface area (Å²) in [5.41, 5.74) is 0.706. The van der Waals surface area contributed by atoms with E-state index < -0.39 is 0 Å². The van der Waals surface area contributed by atoms with E-state index in [0.717, 1.165) is 11.5 Å². The molecule has 1 aromatic heterocycles. The van der Waals surface area contributed by atoms with Gasteiger partial charge in [-0.25, -0.2) is 0 Å². The summed E-state index contributed by atoms with van der Waals surface area (Å²) in [5.74, 6) is 3.00. The Bertz CT molecular complexity index is 538. The number of rotatable bonds is 2. The largest absolute Gasteiger partial charge is 0.508 e. The highest BCUT2D eigenvalue weighted by Crippen LogP contribution is 2.27. The Morgan fingerprint density at radius 3 is 3.11 bits per heavy atom. The van der Waals surface area contributed by atoms with E-state index in [1.54, 1.807) is 18.2 Å². The summed E-state index contributed by atoms with van der Waals surface area (Å²) < 4.78 is 10.8. The fourth-order valence-corrected chi connectivity index (χ4v) is 2.60. The maximum absolute atomic E-state index is 9.41. The lowest BCUT2D eigenvalue weighted by atomic mass is 10.2. The van der Waals surface area contributed by atoms with E-state index in [-0.39, 0.29) is 11.9 Å². The molecule has 3 rings (SSSR count). The zero-order chi connectivity index (χ0) is 12.4. The average Bonchev–Trinajstić information content (AvgIpc) is 2.89. The molecule has 1 aromatic carbocycles. The van der Waals surface area contributed by atoms with E-state index >= 15 is 0 Å². The highest BCUT2D eigenvalue weighted by molar-refractivity contribution is 7.99. The fraction of sp³-hybridized carbons (Fsp3) is 0.333. The second kappa shape index (κ2) is 4.99. The summed E-state index contributed by atoms with van der Waals surface area (Å²) in [7, 11) is 0. The van der Waals surface area contributed by atoms with Gasteiger partial charge in [-0.15, -0.1) is 0 Å². The van der Waals surface area contributed by atoms with E-state index in [1.165, 1.54) is 0 Å². The number of thioether (sulfide) groups is 1. The van der Waals surface area contributed by atoms with Gasteiger partial charge in [0.25, 0.3) is 5.89 Å². The van der Waals surface area contributed by atoms with E-state index in [2.05, 4.69) is 10.1 Å². The molecule has 1 aliphatic heterocycles. The fourth-order valence-electron chi connectivity index (χ4n) is 1.76. The third-order valence-electron chi connectivity index (χ3n) is 2.64. The van der Waals surface area contributed by atoms with Crippen molar-refractivity contribution in [2.75, 3.05) is 18.1 Å². The highest BCUT2D eigenvalue weighted by Gasteiger charge is 2.22. The van der Waals surface area contributed by atoms with Crippen LogP contribution in [0.1, 0.15) is 11.9 Å². The lowest BCUT2D eigenvalue weighted by Gasteiger charge is -2.18. The zero-order valence-corrected chi connectivity index (χ0v) is 10.4. The number of aromatic hydroxyl groups is 1. The number of hydrogen-bond acceptors (Lipinski definition) is 6. The van der Waals surface area contributed by atoms with Gasteiger partial charge in [-0.05, 0) is 18.2 Å². The first-order chi connectivity index (χ1) is 8.83. The van der Waals surface area contributed by atoms with Crippen LogP contribution in [0.2, 0.25) is 0 Å². The van der Waals surface area contributed by atoms with Gasteiger partial charge in [-0.1, -0.05) is 11.2 Å². The number of ether oxygens (including phenoxy) is 1. The minimum absolute atomic E-state index is 0.0986. The molecule has 0 aliphatic carbocycles. The van der Waals surface area contributed by atoms with Crippen molar-refractivity contribution in [2.45, 2.75) is 6.10 Å². The van der Waals surface area contributed by atoms with E-state index in [0.29, 0.717) is 23.9 Å². The summed E-state index contributed by atoms with van der Waals surface area (Å²) in [4.78, 5) is 4.32. The van der Waals surface area contributed by atoms with Crippen LogP contribution in [-0.2, 0) is 4.74 Å². The molecule has 0 bridgehead atoms. The van der Waals surface area contributed by atoms with Crippen molar-refractivity contribution in [3.8, 4) is 17.2 Å². The quantitative estimate of drug-likeness (QED) is 0.897. The maximum Gasteiger partial charge on any atom is 0.258 e. The number of nitrogens with zero attached hydrogens (tertiary/aromatic N) is 2. The molecule has 2 aromatic rings. The Kier molecular flexibility index (Phi) is 3.21. The van der Waals surface area contributed by atoms with E-state index in [9.17, 15) is 5.11 Å². The SMILES string of the molecule is Oc1cccc(-c2nc(C3CSCCO3)no2)c1.